The van der Waals surface area contributed by atoms with E-state index in [4.69, 9.17) is 22.3 Å². The average molecular weight is 354 g/mol. The third-order valence-electron chi connectivity index (χ3n) is 3.69. The second kappa shape index (κ2) is 6.10. The van der Waals surface area contributed by atoms with Crippen LogP contribution in [0.15, 0.2) is 17.0 Å². The van der Waals surface area contributed by atoms with Crippen LogP contribution in [0.1, 0.15) is 36.0 Å². The van der Waals surface area contributed by atoms with Crippen molar-refractivity contribution in [3.8, 4) is 0 Å². The molecule has 8 heteroatoms. The van der Waals surface area contributed by atoms with Gasteiger partial charge < -0.3 is 4.90 Å². The summed E-state index contributed by atoms with van der Waals surface area (Å²) in [5.41, 5.74) is -0.379. The van der Waals surface area contributed by atoms with Gasteiger partial charge in [-0.25, -0.2) is 12.8 Å². The van der Waals surface area contributed by atoms with E-state index in [2.05, 4.69) is 0 Å². The van der Waals surface area contributed by atoms with E-state index in [1.165, 1.54) is 4.90 Å². The molecule has 0 N–H and O–H groups in total. The number of nitrogens with zero attached hydrogens (tertiary/aromatic N) is 1. The summed E-state index contributed by atoms with van der Waals surface area (Å²) in [6.07, 6.45) is 3.74. The maximum absolute atomic E-state index is 14.3. The minimum atomic E-state index is -4.31. The summed E-state index contributed by atoms with van der Waals surface area (Å²) >= 11 is 5.78. The van der Waals surface area contributed by atoms with E-state index in [1.807, 2.05) is 0 Å². The highest BCUT2D eigenvalue weighted by Crippen LogP contribution is 2.29. The van der Waals surface area contributed by atoms with Crippen molar-refractivity contribution in [1.29, 1.82) is 0 Å². The van der Waals surface area contributed by atoms with E-state index in [9.17, 15) is 17.6 Å². The van der Waals surface area contributed by atoms with Crippen LogP contribution in [-0.4, -0.2) is 32.3 Å². The summed E-state index contributed by atoms with van der Waals surface area (Å²) in [6, 6.07) is 2.05. The van der Waals surface area contributed by atoms with Crippen LogP contribution in [0.5, 0.6) is 0 Å². The summed E-state index contributed by atoms with van der Waals surface area (Å²) in [4.78, 5) is 13.0. The van der Waals surface area contributed by atoms with Gasteiger partial charge in [0.15, 0.2) is 5.82 Å². The quantitative estimate of drug-likeness (QED) is 0.782. The Balaban J connectivity index is 2.44. The first-order valence-corrected chi connectivity index (χ1v) is 9.11. The number of carbonyl (C=O) groups is 1. The highest BCUT2D eigenvalue weighted by atomic mass is 35.7. The molecule has 0 aromatic heterocycles. The first-order valence-electron chi connectivity index (χ1n) is 6.42. The van der Waals surface area contributed by atoms with Crippen LogP contribution < -0.4 is 0 Å². The molecule has 1 aliphatic rings. The van der Waals surface area contributed by atoms with Gasteiger partial charge in [0.05, 0.1) is 5.56 Å². The predicted octanol–water partition coefficient (Wildman–Crippen LogP) is 3.42. The normalized spacial score (nSPS) is 16.2. The Labute approximate surface area is 132 Å². The molecule has 2 rings (SSSR count). The smallest absolute Gasteiger partial charge is 0.264 e. The molecule has 1 amide bonds. The van der Waals surface area contributed by atoms with Crippen molar-refractivity contribution in [2.24, 2.45) is 0 Å². The van der Waals surface area contributed by atoms with Crippen molar-refractivity contribution in [2.45, 2.75) is 36.6 Å². The van der Waals surface area contributed by atoms with Crippen LogP contribution in [0.3, 0.4) is 0 Å². The van der Waals surface area contributed by atoms with Crippen molar-refractivity contribution in [3.63, 3.8) is 0 Å². The summed E-state index contributed by atoms with van der Waals surface area (Å²) < 4.78 is 37.0. The lowest BCUT2D eigenvalue weighted by molar-refractivity contribution is 0.0730. The molecular weight excluding hydrogens is 340 g/mol. The van der Waals surface area contributed by atoms with Gasteiger partial charge in [-0.15, -0.1) is 0 Å². The molecule has 0 aliphatic heterocycles. The van der Waals surface area contributed by atoms with Crippen molar-refractivity contribution in [3.05, 3.63) is 28.5 Å². The monoisotopic (exact) mass is 353 g/mol. The van der Waals surface area contributed by atoms with E-state index in [1.54, 1.807) is 7.05 Å². The topological polar surface area (TPSA) is 54.5 Å². The number of hydrogen-bond donors (Lipinski definition) is 0. The molecule has 116 valence electrons. The first kappa shape index (κ1) is 16.5. The van der Waals surface area contributed by atoms with Gasteiger partial charge in [0, 0.05) is 28.8 Å². The Bertz CT molecular complexity index is 672. The number of halogens is 3. The summed E-state index contributed by atoms with van der Waals surface area (Å²) in [6.45, 7) is 0. The van der Waals surface area contributed by atoms with E-state index in [0.29, 0.717) is 0 Å². The van der Waals surface area contributed by atoms with Gasteiger partial charge in [-0.1, -0.05) is 24.4 Å². The van der Waals surface area contributed by atoms with Gasteiger partial charge in [0.1, 0.15) is 4.90 Å². The van der Waals surface area contributed by atoms with Crippen molar-refractivity contribution in [1.82, 2.24) is 4.90 Å². The van der Waals surface area contributed by atoms with Crippen LogP contribution in [0, 0.1) is 5.82 Å². The highest BCUT2D eigenvalue weighted by Gasteiger charge is 2.29. The zero-order valence-corrected chi connectivity index (χ0v) is 13.6. The molecule has 1 fully saturated rings. The van der Waals surface area contributed by atoms with Gasteiger partial charge in [-0.3, -0.25) is 4.79 Å². The van der Waals surface area contributed by atoms with E-state index in [0.717, 1.165) is 37.8 Å². The van der Waals surface area contributed by atoms with Gasteiger partial charge in [-0.2, -0.15) is 0 Å². The van der Waals surface area contributed by atoms with E-state index >= 15 is 0 Å². The number of carbonyl (C=O) groups excluding carboxylic acids is 1. The summed E-state index contributed by atoms with van der Waals surface area (Å²) in [5, 5.41) is -0.0567. The van der Waals surface area contributed by atoms with Crippen LogP contribution in [0.2, 0.25) is 5.02 Å². The zero-order valence-electron chi connectivity index (χ0n) is 11.3. The van der Waals surface area contributed by atoms with E-state index < -0.39 is 25.7 Å². The molecular formula is C13H14Cl2FNO3S. The Kier molecular flexibility index (Phi) is 4.80. The third-order valence-corrected chi connectivity index (χ3v) is 5.23. The second-order valence-corrected chi connectivity index (χ2v) is 8.03. The fourth-order valence-corrected chi connectivity index (χ4v) is 3.76. The number of benzene rings is 1. The van der Waals surface area contributed by atoms with Crippen LogP contribution in [0.25, 0.3) is 0 Å². The highest BCUT2D eigenvalue weighted by molar-refractivity contribution is 8.13. The molecule has 1 saturated carbocycles. The Morgan fingerprint density at radius 2 is 1.90 bits per heavy atom. The maximum Gasteiger partial charge on any atom is 0.264 e. The number of amides is 1. The van der Waals surface area contributed by atoms with Crippen LogP contribution in [-0.2, 0) is 9.05 Å². The SMILES string of the molecule is CN(C(=O)c1cc(Cl)cc(S(=O)(=O)Cl)c1F)C1CCCC1. The van der Waals surface area contributed by atoms with E-state index in [-0.39, 0.29) is 16.6 Å². The molecule has 0 heterocycles. The van der Waals surface area contributed by atoms with Gasteiger partial charge in [0.25, 0.3) is 15.0 Å². The van der Waals surface area contributed by atoms with Crippen molar-refractivity contribution < 1.29 is 17.6 Å². The zero-order chi connectivity index (χ0) is 15.8. The van der Waals surface area contributed by atoms with Crippen LogP contribution in [0.4, 0.5) is 4.39 Å². The van der Waals surface area contributed by atoms with Crippen LogP contribution >= 0.6 is 22.3 Å². The summed E-state index contributed by atoms with van der Waals surface area (Å²) in [7, 11) is 2.43. The molecule has 0 spiro atoms. The molecule has 21 heavy (non-hydrogen) atoms. The Hall–Kier alpha value is -0.850. The lowest BCUT2D eigenvalue weighted by Crippen LogP contribution is -2.35. The molecule has 0 unspecified atom stereocenters. The molecule has 1 aromatic carbocycles. The maximum atomic E-state index is 14.3. The van der Waals surface area contributed by atoms with Crippen molar-refractivity contribution in [2.75, 3.05) is 7.05 Å². The minimum Gasteiger partial charge on any atom is -0.339 e. The predicted molar refractivity (Wildman–Crippen MR) is 78.8 cm³/mol. The molecule has 1 aliphatic carbocycles. The van der Waals surface area contributed by atoms with Crippen molar-refractivity contribution >= 4 is 37.2 Å². The molecule has 0 radical (unpaired) electrons. The average Bonchev–Trinajstić information content (AvgIpc) is 2.92. The molecule has 0 bridgehead atoms. The Morgan fingerprint density at radius 3 is 2.43 bits per heavy atom. The fourth-order valence-electron chi connectivity index (χ4n) is 2.54. The first-order chi connectivity index (χ1) is 9.71. The molecule has 4 nitrogen and oxygen atoms in total. The largest absolute Gasteiger partial charge is 0.339 e. The molecule has 0 atom stereocenters. The summed E-state index contributed by atoms with van der Waals surface area (Å²) in [5.74, 6) is -1.76. The molecule has 0 saturated heterocycles. The number of rotatable bonds is 3. The van der Waals surface area contributed by atoms with Gasteiger partial charge >= 0.3 is 0 Å². The number of hydrogen-bond acceptors (Lipinski definition) is 3. The second-order valence-electron chi connectivity index (χ2n) is 5.06. The standard InChI is InChI=1S/C13H14Cl2FNO3S/c1-17(9-4-2-3-5-9)13(18)10-6-8(14)7-11(12(10)16)21(15,19)20/h6-7,9H,2-5H2,1H3. The van der Waals surface area contributed by atoms with Gasteiger partial charge in [-0.05, 0) is 25.0 Å². The Morgan fingerprint density at radius 1 is 1.33 bits per heavy atom. The van der Waals surface area contributed by atoms with Gasteiger partial charge in [0.2, 0.25) is 0 Å². The fraction of sp³-hybridized carbons (Fsp3) is 0.462. The third kappa shape index (κ3) is 3.49. The lowest BCUT2D eigenvalue weighted by Gasteiger charge is -2.24. The minimum absolute atomic E-state index is 0.0342. The molecule has 1 aromatic rings. The lowest BCUT2D eigenvalue weighted by atomic mass is 10.1.